The summed E-state index contributed by atoms with van der Waals surface area (Å²) < 4.78 is 14.9. The predicted octanol–water partition coefficient (Wildman–Crippen LogP) is 3.40. The third kappa shape index (κ3) is 3.80. The van der Waals surface area contributed by atoms with Crippen molar-refractivity contribution in [3.05, 3.63) is 44.1 Å². The Morgan fingerprint density at radius 2 is 2.08 bits per heavy atom. The van der Waals surface area contributed by atoms with Gasteiger partial charge in [0.25, 0.3) is 0 Å². The lowest BCUT2D eigenvalue weighted by Crippen LogP contribution is -2.28. The molecule has 1 saturated heterocycles. The average molecular weight is 390 g/mol. The Morgan fingerprint density at radius 3 is 2.67 bits per heavy atom. The van der Waals surface area contributed by atoms with E-state index in [1.807, 2.05) is 0 Å². The van der Waals surface area contributed by atoms with E-state index < -0.39 is 12.2 Å². The van der Waals surface area contributed by atoms with Gasteiger partial charge in [0.1, 0.15) is 6.17 Å². The lowest BCUT2D eigenvalue weighted by molar-refractivity contribution is 0.213. The van der Waals surface area contributed by atoms with E-state index >= 15 is 0 Å². The summed E-state index contributed by atoms with van der Waals surface area (Å²) in [6.45, 7) is 0.229. The third-order valence-corrected chi connectivity index (χ3v) is 4.98. The van der Waals surface area contributed by atoms with Crippen LogP contribution >= 0.6 is 34.5 Å². The molecule has 1 aliphatic rings. The highest BCUT2D eigenvalue weighted by atomic mass is 35.5. The second-order valence-electron chi connectivity index (χ2n) is 5.36. The lowest BCUT2D eigenvalue weighted by Gasteiger charge is -2.11. The summed E-state index contributed by atoms with van der Waals surface area (Å²) in [4.78, 5) is 18.7. The smallest absolute Gasteiger partial charge is 0.346 e. The number of nitrogens with zero attached hydrogens (tertiary/aromatic N) is 3. The van der Waals surface area contributed by atoms with E-state index in [4.69, 9.17) is 23.2 Å². The van der Waals surface area contributed by atoms with Crippen LogP contribution in [0.4, 0.5) is 9.18 Å². The SMILES string of the molecule is O=C(N=c1sc(CO)cn1-c1cc(Cl)cc(Cl)c1)N1CC[C@@H](F)C1. The van der Waals surface area contributed by atoms with Crippen LogP contribution in [0.5, 0.6) is 0 Å². The molecule has 1 aliphatic heterocycles. The number of hydrogen-bond donors (Lipinski definition) is 1. The zero-order valence-corrected chi connectivity index (χ0v) is 14.8. The van der Waals surface area contributed by atoms with Crippen molar-refractivity contribution < 1.29 is 14.3 Å². The highest BCUT2D eigenvalue weighted by molar-refractivity contribution is 7.09. The van der Waals surface area contributed by atoms with Gasteiger partial charge in [-0.25, -0.2) is 9.18 Å². The number of carbonyl (C=O) groups is 1. The zero-order chi connectivity index (χ0) is 17.3. The summed E-state index contributed by atoms with van der Waals surface area (Å²) in [5.74, 6) is 0. The van der Waals surface area contributed by atoms with Gasteiger partial charge >= 0.3 is 6.03 Å². The van der Waals surface area contributed by atoms with Crippen LogP contribution in [0.25, 0.3) is 5.69 Å². The summed E-state index contributed by atoms with van der Waals surface area (Å²) in [6, 6.07) is 4.46. The molecule has 3 rings (SSSR count). The molecule has 5 nitrogen and oxygen atoms in total. The Labute approximate surface area is 151 Å². The quantitative estimate of drug-likeness (QED) is 0.855. The Kier molecular flexibility index (Phi) is 5.24. The topological polar surface area (TPSA) is 57.8 Å². The number of carbonyl (C=O) groups excluding carboxylic acids is 1. The van der Waals surface area contributed by atoms with Crippen molar-refractivity contribution >= 4 is 40.6 Å². The van der Waals surface area contributed by atoms with Crippen LogP contribution in [-0.2, 0) is 6.61 Å². The van der Waals surface area contributed by atoms with Crippen LogP contribution in [0.1, 0.15) is 11.3 Å². The van der Waals surface area contributed by atoms with Crippen molar-refractivity contribution in [2.45, 2.75) is 19.2 Å². The van der Waals surface area contributed by atoms with E-state index in [9.17, 15) is 14.3 Å². The van der Waals surface area contributed by atoms with E-state index in [-0.39, 0.29) is 13.2 Å². The molecule has 2 amide bonds. The number of likely N-dealkylation sites (tertiary alicyclic amines) is 1. The number of halogens is 3. The number of thiazole rings is 1. The summed E-state index contributed by atoms with van der Waals surface area (Å²) in [6.07, 6.45) is 0.998. The highest BCUT2D eigenvalue weighted by Crippen LogP contribution is 2.22. The number of urea groups is 1. The fourth-order valence-electron chi connectivity index (χ4n) is 2.45. The summed E-state index contributed by atoms with van der Waals surface area (Å²) in [5, 5.41) is 10.3. The first-order valence-corrected chi connectivity index (χ1v) is 8.80. The lowest BCUT2D eigenvalue weighted by atomic mass is 10.3. The molecule has 1 fully saturated rings. The molecule has 1 aromatic carbocycles. The minimum atomic E-state index is -1.00. The van der Waals surface area contributed by atoms with Gasteiger partial charge in [0.2, 0.25) is 0 Å². The predicted molar refractivity (Wildman–Crippen MR) is 91.6 cm³/mol. The number of rotatable bonds is 2. The third-order valence-electron chi connectivity index (χ3n) is 3.58. The molecule has 24 heavy (non-hydrogen) atoms. The van der Waals surface area contributed by atoms with Gasteiger partial charge in [0.15, 0.2) is 4.80 Å². The number of aromatic nitrogens is 1. The molecule has 1 aromatic heterocycles. The number of benzene rings is 1. The molecular formula is C15H14Cl2FN3O2S. The van der Waals surface area contributed by atoms with Gasteiger partial charge in [-0.1, -0.05) is 34.5 Å². The van der Waals surface area contributed by atoms with Crippen molar-refractivity contribution in [3.8, 4) is 5.69 Å². The van der Waals surface area contributed by atoms with E-state index in [0.29, 0.717) is 38.4 Å². The standard InChI is InChI=1S/C15H14Cl2FN3O2S/c16-9-3-10(17)5-12(4-9)21-7-13(8-22)24-15(21)19-14(23)20-2-1-11(18)6-20/h3-5,7,11,22H,1-2,6,8H2/t11-/m1/s1. The van der Waals surface area contributed by atoms with E-state index in [1.54, 1.807) is 29.0 Å². The first-order valence-electron chi connectivity index (χ1n) is 7.22. The molecule has 0 unspecified atom stereocenters. The van der Waals surface area contributed by atoms with Crippen LogP contribution in [0.15, 0.2) is 29.4 Å². The summed E-state index contributed by atoms with van der Waals surface area (Å²) >= 11 is 13.2. The minimum Gasteiger partial charge on any atom is -0.391 e. The first kappa shape index (κ1) is 17.4. The van der Waals surface area contributed by atoms with Crippen LogP contribution in [0.3, 0.4) is 0 Å². The van der Waals surface area contributed by atoms with Crippen LogP contribution < -0.4 is 4.80 Å². The molecule has 1 N–H and O–H groups in total. The molecule has 1 atom stereocenters. The summed E-state index contributed by atoms with van der Waals surface area (Å²) in [7, 11) is 0. The van der Waals surface area contributed by atoms with Crippen LogP contribution in [-0.4, -0.2) is 39.9 Å². The molecule has 128 valence electrons. The van der Waals surface area contributed by atoms with Crippen LogP contribution in [0, 0.1) is 0 Å². The van der Waals surface area contributed by atoms with Crippen LogP contribution in [0.2, 0.25) is 10.0 Å². The van der Waals surface area contributed by atoms with Gasteiger partial charge in [-0.3, -0.25) is 4.57 Å². The fourth-order valence-corrected chi connectivity index (χ4v) is 3.80. The van der Waals surface area contributed by atoms with Crippen molar-refractivity contribution in [2.24, 2.45) is 4.99 Å². The number of aliphatic hydroxyl groups is 1. The van der Waals surface area contributed by atoms with Crippen molar-refractivity contribution in [1.29, 1.82) is 0 Å². The number of amides is 2. The summed E-state index contributed by atoms with van der Waals surface area (Å²) in [5.41, 5.74) is 0.625. The van der Waals surface area contributed by atoms with Gasteiger partial charge in [0.05, 0.1) is 23.7 Å². The Hall–Kier alpha value is -1.41. The Morgan fingerprint density at radius 1 is 1.38 bits per heavy atom. The van der Waals surface area contributed by atoms with Gasteiger partial charge in [-0.2, -0.15) is 4.99 Å². The van der Waals surface area contributed by atoms with Gasteiger partial charge in [0, 0.05) is 22.8 Å². The molecule has 2 heterocycles. The van der Waals surface area contributed by atoms with Crippen molar-refractivity contribution in [2.75, 3.05) is 13.1 Å². The molecule has 0 spiro atoms. The molecule has 0 aliphatic carbocycles. The average Bonchev–Trinajstić information content (AvgIpc) is 3.12. The second-order valence-corrected chi connectivity index (χ2v) is 7.33. The Bertz CT molecular complexity index is 816. The van der Waals surface area contributed by atoms with Gasteiger partial charge in [-0.05, 0) is 24.6 Å². The number of aliphatic hydroxyl groups excluding tert-OH is 1. The molecule has 9 heteroatoms. The van der Waals surface area contributed by atoms with E-state index in [0.717, 1.165) is 0 Å². The normalized spacial score (nSPS) is 18.4. The fraction of sp³-hybridized carbons (Fsp3) is 0.333. The van der Waals surface area contributed by atoms with Gasteiger partial charge < -0.3 is 10.0 Å². The minimum absolute atomic E-state index is 0.0591. The monoisotopic (exact) mass is 389 g/mol. The highest BCUT2D eigenvalue weighted by Gasteiger charge is 2.25. The maximum absolute atomic E-state index is 13.3. The number of hydrogen-bond acceptors (Lipinski definition) is 3. The molecule has 2 aromatic rings. The second kappa shape index (κ2) is 7.23. The zero-order valence-electron chi connectivity index (χ0n) is 12.5. The molecule has 0 saturated carbocycles. The van der Waals surface area contributed by atoms with E-state index in [2.05, 4.69) is 4.99 Å². The largest absolute Gasteiger partial charge is 0.391 e. The van der Waals surface area contributed by atoms with E-state index in [1.165, 1.54) is 16.2 Å². The maximum Gasteiger partial charge on any atom is 0.346 e. The number of alkyl halides is 1. The molecule has 0 radical (unpaired) electrons. The van der Waals surface area contributed by atoms with Gasteiger partial charge in [-0.15, -0.1) is 0 Å². The first-order chi connectivity index (χ1) is 11.5. The maximum atomic E-state index is 13.3. The molecular weight excluding hydrogens is 376 g/mol. The van der Waals surface area contributed by atoms with Crippen molar-refractivity contribution in [3.63, 3.8) is 0 Å². The van der Waals surface area contributed by atoms with Crippen molar-refractivity contribution in [1.82, 2.24) is 9.47 Å². The molecule has 0 bridgehead atoms. The Balaban J connectivity index is 2.03.